The number of rotatable bonds is 5. The summed E-state index contributed by atoms with van der Waals surface area (Å²) in [6.45, 7) is 0.159. The average molecular weight is 267 g/mol. The Hall–Kier alpha value is -1.77. The molecular formula is C10H13N5O2S. The first-order chi connectivity index (χ1) is 8.63. The lowest BCUT2D eigenvalue weighted by molar-refractivity contribution is 0.577. The topological polar surface area (TPSA) is 114 Å². The van der Waals surface area contributed by atoms with Crippen LogP contribution >= 0.6 is 0 Å². The summed E-state index contributed by atoms with van der Waals surface area (Å²) in [5.41, 5.74) is 5.80. The Morgan fingerprint density at radius 3 is 2.83 bits per heavy atom. The summed E-state index contributed by atoms with van der Waals surface area (Å²) in [5, 5.41) is 0. The van der Waals surface area contributed by atoms with Crippen LogP contribution in [-0.2, 0) is 23.1 Å². The highest BCUT2D eigenvalue weighted by Gasteiger charge is 2.18. The summed E-state index contributed by atoms with van der Waals surface area (Å²) in [7, 11) is -3.63. The van der Waals surface area contributed by atoms with E-state index in [0.717, 1.165) is 0 Å². The summed E-state index contributed by atoms with van der Waals surface area (Å²) < 4.78 is 26.6. The average Bonchev–Trinajstić information content (AvgIpc) is 2.89. The molecule has 2 aromatic heterocycles. The first-order valence-corrected chi connectivity index (χ1v) is 6.73. The molecule has 0 saturated carbocycles. The molecule has 0 aliphatic rings. The van der Waals surface area contributed by atoms with Crippen molar-refractivity contribution >= 4 is 10.0 Å². The van der Waals surface area contributed by atoms with E-state index in [0.29, 0.717) is 11.5 Å². The SMILES string of the molecule is NCc1ncccc1S(=O)(=O)NCc1ncc[nH]1. The van der Waals surface area contributed by atoms with Crippen LogP contribution in [0.25, 0.3) is 0 Å². The van der Waals surface area contributed by atoms with E-state index in [4.69, 9.17) is 5.73 Å². The molecule has 8 heteroatoms. The predicted octanol–water partition coefficient (Wildman–Crippen LogP) is -0.258. The number of aromatic nitrogens is 3. The number of aromatic amines is 1. The lowest BCUT2D eigenvalue weighted by Gasteiger charge is -2.08. The van der Waals surface area contributed by atoms with Gasteiger partial charge in [0.25, 0.3) is 0 Å². The normalized spacial score (nSPS) is 11.6. The summed E-state index contributed by atoms with van der Waals surface area (Å²) >= 11 is 0. The molecule has 7 nitrogen and oxygen atoms in total. The van der Waals surface area contributed by atoms with Crippen LogP contribution in [0, 0.1) is 0 Å². The highest BCUT2D eigenvalue weighted by Crippen LogP contribution is 2.12. The van der Waals surface area contributed by atoms with E-state index in [-0.39, 0.29) is 18.0 Å². The second-order valence-electron chi connectivity index (χ2n) is 3.51. The van der Waals surface area contributed by atoms with Gasteiger partial charge in [-0.15, -0.1) is 0 Å². The summed E-state index contributed by atoms with van der Waals surface area (Å²) in [6, 6.07) is 3.03. The molecule has 96 valence electrons. The Labute approximate surface area is 105 Å². The standard InChI is InChI=1S/C10H13N5O2S/c11-6-8-9(2-1-3-12-8)18(16,17)15-7-10-13-4-5-14-10/h1-5,15H,6-7,11H2,(H,13,14). The predicted molar refractivity (Wildman–Crippen MR) is 64.7 cm³/mol. The third kappa shape index (κ3) is 2.73. The molecule has 0 bridgehead atoms. The number of hydrogen-bond acceptors (Lipinski definition) is 5. The van der Waals surface area contributed by atoms with E-state index >= 15 is 0 Å². The smallest absolute Gasteiger partial charge is 0.242 e. The number of nitrogens with zero attached hydrogens (tertiary/aromatic N) is 2. The van der Waals surface area contributed by atoms with Crippen LogP contribution in [0.15, 0.2) is 35.6 Å². The van der Waals surface area contributed by atoms with Crippen molar-refractivity contribution in [2.45, 2.75) is 18.0 Å². The summed E-state index contributed by atoms with van der Waals surface area (Å²) in [5.74, 6) is 0.539. The fourth-order valence-corrected chi connectivity index (χ4v) is 2.64. The quantitative estimate of drug-likeness (QED) is 0.690. The van der Waals surface area contributed by atoms with Gasteiger partial charge in [0.05, 0.1) is 12.2 Å². The number of nitrogens with two attached hydrogens (primary N) is 1. The molecule has 0 radical (unpaired) electrons. The molecule has 0 unspecified atom stereocenters. The minimum Gasteiger partial charge on any atom is -0.347 e. The third-order valence-electron chi connectivity index (χ3n) is 2.32. The molecular weight excluding hydrogens is 254 g/mol. The fourth-order valence-electron chi connectivity index (χ4n) is 1.46. The number of nitrogens with one attached hydrogen (secondary N) is 2. The molecule has 0 atom stereocenters. The molecule has 0 amide bonds. The van der Waals surface area contributed by atoms with Gasteiger partial charge in [-0.05, 0) is 12.1 Å². The molecule has 2 rings (SSSR count). The second-order valence-corrected chi connectivity index (χ2v) is 5.25. The molecule has 0 spiro atoms. The van der Waals surface area contributed by atoms with Gasteiger partial charge in [0, 0.05) is 25.1 Å². The van der Waals surface area contributed by atoms with Crippen molar-refractivity contribution in [2.24, 2.45) is 5.73 Å². The Morgan fingerprint density at radius 2 is 2.17 bits per heavy atom. The first kappa shape index (κ1) is 12.7. The van der Waals surface area contributed by atoms with Crippen molar-refractivity contribution in [1.29, 1.82) is 0 Å². The Kier molecular flexibility index (Phi) is 3.70. The zero-order valence-corrected chi connectivity index (χ0v) is 10.3. The third-order valence-corrected chi connectivity index (χ3v) is 3.79. The van der Waals surface area contributed by atoms with Crippen molar-refractivity contribution in [1.82, 2.24) is 19.7 Å². The molecule has 0 fully saturated rings. The summed E-state index contributed by atoms with van der Waals surface area (Å²) in [6.07, 6.45) is 4.69. The first-order valence-electron chi connectivity index (χ1n) is 5.25. The number of sulfonamides is 1. The molecule has 2 heterocycles. The van der Waals surface area contributed by atoms with E-state index in [9.17, 15) is 8.42 Å². The summed E-state index contributed by atoms with van der Waals surface area (Å²) in [4.78, 5) is 10.8. The molecule has 4 N–H and O–H groups in total. The van der Waals surface area contributed by atoms with Crippen LogP contribution in [0.1, 0.15) is 11.5 Å². The highest BCUT2D eigenvalue weighted by molar-refractivity contribution is 7.89. The van der Waals surface area contributed by atoms with Gasteiger partial charge in [-0.1, -0.05) is 0 Å². The van der Waals surface area contributed by atoms with Crippen molar-refractivity contribution in [3.8, 4) is 0 Å². The van der Waals surface area contributed by atoms with Crippen LogP contribution < -0.4 is 10.5 Å². The number of imidazole rings is 1. The second kappa shape index (κ2) is 5.25. The van der Waals surface area contributed by atoms with Crippen molar-refractivity contribution in [3.05, 3.63) is 42.2 Å². The Balaban J connectivity index is 2.20. The van der Waals surface area contributed by atoms with Gasteiger partial charge in [0.1, 0.15) is 10.7 Å². The molecule has 0 aromatic carbocycles. The van der Waals surface area contributed by atoms with E-state index < -0.39 is 10.0 Å². The highest BCUT2D eigenvalue weighted by atomic mass is 32.2. The number of pyridine rings is 1. The Morgan fingerprint density at radius 1 is 1.33 bits per heavy atom. The van der Waals surface area contributed by atoms with Crippen LogP contribution in [-0.4, -0.2) is 23.4 Å². The van der Waals surface area contributed by atoms with Gasteiger partial charge < -0.3 is 10.7 Å². The number of hydrogen-bond donors (Lipinski definition) is 3. The maximum atomic E-state index is 12.1. The number of H-pyrrole nitrogens is 1. The van der Waals surface area contributed by atoms with E-state index in [1.54, 1.807) is 18.5 Å². The van der Waals surface area contributed by atoms with Gasteiger partial charge in [-0.2, -0.15) is 0 Å². The zero-order chi connectivity index (χ0) is 13.0. The maximum Gasteiger partial charge on any atom is 0.242 e. The molecule has 18 heavy (non-hydrogen) atoms. The largest absolute Gasteiger partial charge is 0.347 e. The molecule has 0 aliphatic carbocycles. The zero-order valence-electron chi connectivity index (χ0n) is 9.50. The maximum absolute atomic E-state index is 12.1. The van der Waals surface area contributed by atoms with Crippen molar-refractivity contribution < 1.29 is 8.42 Å². The van der Waals surface area contributed by atoms with Crippen LogP contribution in [0.4, 0.5) is 0 Å². The van der Waals surface area contributed by atoms with Gasteiger partial charge in [0.2, 0.25) is 10.0 Å². The minimum absolute atomic E-state index is 0.0673. The van der Waals surface area contributed by atoms with E-state index in [2.05, 4.69) is 19.7 Å². The monoisotopic (exact) mass is 267 g/mol. The van der Waals surface area contributed by atoms with Gasteiger partial charge in [-0.3, -0.25) is 4.98 Å². The van der Waals surface area contributed by atoms with Crippen molar-refractivity contribution in [2.75, 3.05) is 0 Å². The lowest BCUT2D eigenvalue weighted by atomic mass is 10.3. The van der Waals surface area contributed by atoms with Gasteiger partial charge >= 0.3 is 0 Å². The van der Waals surface area contributed by atoms with Crippen LogP contribution in [0.2, 0.25) is 0 Å². The molecule has 2 aromatic rings. The fraction of sp³-hybridized carbons (Fsp3) is 0.200. The Bertz CT molecular complexity index is 609. The lowest BCUT2D eigenvalue weighted by Crippen LogP contribution is -2.25. The van der Waals surface area contributed by atoms with E-state index in [1.807, 2.05) is 0 Å². The van der Waals surface area contributed by atoms with E-state index in [1.165, 1.54) is 12.3 Å². The van der Waals surface area contributed by atoms with Crippen molar-refractivity contribution in [3.63, 3.8) is 0 Å². The van der Waals surface area contributed by atoms with Crippen LogP contribution in [0.5, 0.6) is 0 Å². The van der Waals surface area contributed by atoms with Gasteiger partial charge in [0.15, 0.2) is 0 Å². The molecule has 0 aliphatic heterocycles. The molecule has 0 saturated heterocycles. The minimum atomic E-state index is -3.63. The van der Waals surface area contributed by atoms with Gasteiger partial charge in [-0.25, -0.2) is 18.1 Å². The van der Waals surface area contributed by atoms with Crippen LogP contribution in [0.3, 0.4) is 0 Å².